The molecule has 0 radical (unpaired) electrons. The standard InChI is InChI=1S/C2H6S.H4O4Si/c1-2-3;1-5(2,3)4/h3H,2H2,1H3;1-4H. The third kappa shape index (κ3) is 1130. The first-order valence-electron chi connectivity index (χ1n) is 1.92. The number of thiol groups is 1. The van der Waals surface area contributed by atoms with E-state index in [2.05, 4.69) is 12.6 Å². The Morgan fingerprint density at radius 1 is 1.25 bits per heavy atom. The van der Waals surface area contributed by atoms with Gasteiger partial charge in [-0.25, -0.2) is 0 Å². The van der Waals surface area contributed by atoms with Crippen LogP contribution in [0.2, 0.25) is 0 Å². The monoisotopic (exact) mass is 158 g/mol. The molecule has 0 aromatic rings. The molecule has 0 aliphatic carbocycles. The van der Waals surface area contributed by atoms with Crippen LogP contribution in [-0.4, -0.2) is 34.0 Å². The lowest BCUT2D eigenvalue weighted by molar-refractivity contribution is 0.117. The van der Waals surface area contributed by atoms with Crippen molar-refractivity contribution in [2.45, 2.75) is 6.92 Å². The van der Waals surface area contributed by atoms with Crippen LogP contribution in [0.1, 0.15) is 6.92 Å². The molecule has 4 N–H and O–H groups in total. The average molecular weight is 158 g/mol. The van der Waals surface area contributed by atoms with Gasteiger partial charge in [0.25, 0.3) is 0 Å². The van der Waals surface area contributed by atoms with Crippen molar-refractivity contribution < 1.29 is 19.2 Å². The Labute approximate surface area is 54.3 Å². The Morgan fingerprint density at radius 3 is 1.25 bits per heavy atom. The van der Waals surface area contributed by atoms with Crippen LogP contribution in [0.3, 0.4) is 0 Å². The van der Waals surface area contributed by atoms with Crippen LogP contribution in [0.5, 0.6) is 0 Å². The maximum atomic E-state index is 7.33. The van der Waals surface area contributed by atoms with Gasteiger partial charge in [-0.3, -0.25) is 0 Å². The molecule has 0 aliphatic heterocycles. The Kier molecular flexibility index (Phi) is 7.78. The van der Waals surface area contributed by atoms with Gasteiger partial charge in [-0.2, -0.15) is 12.6 Å². The second-order valence-corrected chi connectivity index (χ2v) is 2.75. The molecule has 6 heteroatoms. The van der Waals surface area contributed by atoms with Crippen LogP contribution in [0.4, 0.5) is 0 Å². The van der Waals surface area contributed by atoms with E-state index in [4.69, 9.17) is 19.2 Å². The summed E-state index contributed by atoms with van der Waals surface area (Å²) in [5.74, 6) is 0.944. The molecular formula is C2H10O4SSi. The molecule has 0 saturated heterocycles. The Morgan fingerprint density at radius 2 is 1.25 bits per heavy atom. The van der Waals surface area contributed by atoms with E-state index in [1.165, 1.54) is 0 Å². The van der Waals surface area contributed by atoms with Gasteiger partial charge in [-0.15, -0.1) is 0 Å². The maximum Gasteiger partial charge on any atom is 0.668 e. The molecule has 4 nitrogen and oxygen atoms in total. The van der Waals surface area contributed by atoms with Crippen LogP contribution in [0.15, 0.2) is 0 Å². The van der Waals surface area contributed by atoms with Crippen molar-refractivity contribution in [2.24, 2.45) is 0 Å². The molecule has 0 heterocycles. The smallest absolute Gasteiger partial charge is 0.368 e. The molecule has 0 aromatic heterocycles. The van der Waals surface area contributed by atoms with Gasteiger partial charge in [-0.1, -0.05) is 6.92 Å². The summed E-state index contributed by atoms with van der Waals surface area (Å²) in [6.45, 7) is 1.99. The normalized spacial score (nSPS) is 9.75. The predicted octanol–water partition coefficient (Wildman–Crippen LogP) is -1.67. The Hall–Kier alpha value is 0.407. The lowest BCUT2D eigenvalue weighted by Crippen LogP contribution is -2.33. The van der Waals surface area contributed by atoms with Crippen LogP contribution < -0.4 is 0 Å². The minimum absolute atomic E-state index is 0.944. The van der Waals surface area contributed by atoms with Gasteiger partial charge in [0.1, 0.15) is 0 Å². The van der Waals surface area contributed by atoms with Crippen molar-refractivity contribution in [3.05, 3.63) is 0 Å². The van der Waals surface area contributed by atoms with Crippen molar-refractivity contribution >= 4 is 21.7 Å². The summed E-state index contributed by atoms with van der Waals surface area (Å²) in [4.78, 5) is 29.3. The van der Waals surface area contributed by atoms with E-state index < -0.39 is 9.05 Å². The van der Waals surface area contributed by atoms with Crippen molar-refractivity contribution in [2.75, 3.05) is 5.75 Å². The molecule has 0 rings (SSSR count). The summed E-state index contributed by atoms with van der Waals surface area (Å²) in [7, 11) is -4.61. The Balaban J connectivity index is 0. The van der Waals surface area contributed by atoms with E-state index in [9.17, 15) is 0 Å². The highest BCUT2D eigenvalue weighted by atomic mass is 32.1. The highest BCUT2D eigenvalue weighted by Crippen LogP contribution is 1.67. The summed E-state index contributed by atoms with van der Waals surface area (Å²) in [5, 5.41) is 0. The zero-order valence-corrected chi connectivity index (χ0v) is 6.34. The summed E-state index contributed by atoms with van der Waals surface area (Å²) >= 11 is 3.79. The summed E-state index contributed by atoms with van der Waals surface area (Å²) in [6, 6.07) is 0. The minimum atomic E-state index is -4.61. The van der Waals surface area contributed by atoms with E-state index in [1.807, 2.05) is 6.92 Å². The zero-order valence-electron chi connectivity index (χ0n) is 4.44. The van der Waals surface area contributed by atoms with E-state index in [1.54, 1.807) is 0 Å². The molecule has 0 atom stereocenters. The quantitative estimate of drug-likeness (QED) is 0.216. The molecular weight excluding hydrogens is 148 g/mol. The van der Waals surface area contributed by atoms with Crippen molar-refractivity contribution in [3.8, 4) is 0 Å². The molecule has 0 fully saturated rings. The first-order valence-corrected chi connectivity index (χ1v) is 4.34. The third-order valence-corrected chi connectivity index (χ3v) is 0. The molecule has 0 saturated carbocycles. The second-order valence-electron chi connectivity index (χ2n) is 0.916. The van der Waals surface area contributed by atoms with Gasteiger partial charge >= 0.3 is 9.05 Å². The highest BCUT2D eigenvalue weighted by molar-refractivity contribution is 7.80. The lowest BCUT2D eigenvalue weighted by atomic mass is 11.0. The van der Waals surface area contributed by atoms with Crippen LogP contribution >= 0.6 is 12.6 Å². The fraction of sp³-hybridized carbons (Fsp3) is 1.00. The summed E-state index contributed by atoms with van der Waals surface area (Å²) < 4.78 is 0. The molecule has 0 amide bonds. The second kappa shape index (κ2) is 5.54. The lowest BCUT2D eigenvalue weighted by Gasteiger charge is -1.91. The van der Waals surface area contributed by atoms with Gasteiger partial charge in [-0.05, 0) is 5.75 Å². The van der Waals surface area contributed by atoms with Crippen LogP contribution in [0.25, 0.3) is 0 Å². The zero-order chi connectivity index (χ0) is 7.21. The molecule has 52 valence electrons. The van der Waals surface area contributed by atoms with Crippen molar-refractivity contribution in [3.63, 3.8) is 0 Å². The van der Waals surface area contributed by atoms with Gasteiger partial charge in [0, 0.05) is 0 Å². The topological polar surface area (TPSA) is 80.9 Å². The highest BCUT2D eigenvalue weighted by Gasteiger charge is 2.22. The van der Waals surface area contributed by atoms with Gasteiger partial charge in [0.15, 0.2) is 0 Å². The molecule has 8 heavy (non-hydrogen) atoms. The summed E-state index contributed by atoms with van der Waals surface area (Å²) in [6.07, 6.45) is 0. The van der Waals surface area contributed by atoms with E-state index in [-0.39, 0.29) is 0 Å². The van der Waals surface area contributed by atoms with Crippen LogP contribution in [0, 0.1) is 0 Å². The Bertz CT molecular complexity index is 37.8. The first kappa shape index (κ1) is 11.2. The molecule has 0 unspecified atom stereocenters. The molecule has 0 aliphatic rings. The molecule has 0 bridgehead atoms. The van der Waals surface area contributed by atoms with Crippen molar-refractivity contribution in [1.82, 2.24) is 0 Å². The maximum absolute atomic E-state index is 7.33. The first-order chi connectivity index (χ1) is 3.41. The average Bonchev–Trinajstić information content (AvgIpc) is 1.27. The van der Waals surface area contributed by atoms with Gasteiger partial charge < -0.3 is 19.2 Å². The predicted molar refractivity (Wildman–Crippen MR) is 34.2 cm³/mol. The van der Waals surface area contributed by atoms with Gasteiger partial charge in [0.2, 0.25) is 0 Å². The van der Waals surface area contributed by atoms with Crippen LogP contribution in [-0.2, 0) is 0 Å². The fourth-order valence-electron chi connectivity index (χ4n) is 0. The van der Waals surface area contributed by atoms with Crippen molar-refractivity contribution in [1.29, 1.82) is 0 Å². The van der Waals surface area contributed by atoms with E-state index in [0.717, 1.165) is 5.75 Å². The fourth-order valence-corrected chi connectivity index (χ4v) is 0. The molecule has 0 spiro atoms. The number of rotatable bonds is 0. The van der Waals surface area contributed by atoms with Gasteiger partial charge in [0.05, 0.1) is 0 Å². The minimum Gasteiger partial charge on any atom is -0.368 e. The van der Waals surface area contributed by atoms with E-state index in [0.29, 0.717) is 0 Å². The van der Waals surface area contributed by atoms with E-state index >= 15 is 0 Å². The number of hydrogen-bond acceptors (Lipinski definition) is 5. The summed E-state index contributed by atoms with van der Waals surface area (Å²) in [5.41, 5.74) is 0. The molecule has 0 aromatic carbocycles. The largest absolute Gasteiger partial charge is 0.668 e. The number of hydrogen-bond donors (Lipinski definition) is 5. The third-order valence-electron chi connectivity index (χ3n) is 0. The SMILES string of the molecule is CCS.O[Si](O)(O)O.